The Balaban J connectivity index is 1.83. The van der Waals surface area contributed by atoms with Crippen LogP contribution in [0.3, 0.4) is 0 Å². The SMILES string of the molecule is CCCN(Cc1nnc(-c2ccco2)o1)C(=O)c1cccc(S(=O)(=O)N(CC)CC)c1. The summed E-state index contributed by atoms with van der Waals surface area (Å²) in [5.41, 5.74) is 0.285. The van der Waals surface area contributed by atoms with Crippen LogP contribution in [0.4, 0.5) is 0 Å². The van der Waals surface area contributed by atoms with Crippen LogP contribution in [0, 0.1) is 0 Å². The number of nitrogens with zero attached hydrogens (tertiary/aromatic N) is 4. The van der Waals surface area contributed by atoms with Gasteiger partial charge in [0.25, 0.3) is 11.8 Å². The van der Waals surface area contributed by atoms with E-state index in [4.69, 9.17) is 8.83 Å². The minimum Gasteiger partial charge on any atom is -0.459 e. The highest BCUT2D eigenvalue weighted by molar-refractivity contribution is 7.89. The molecule has 31 heavy (non-hydrogen) atoms. The Bertz CT molecular complexity index is 1100. The second-order valence-electron chi connectivity index (χ2n) is 6.82. The first-order valence-electron chi connectivity index (χ1n) is 10.2. The Hall–Kier alpha value is -2.98. The van der Waals surface area contributed by atoms with Crippen LogP contribution in [-0.2, 0) is 16.6 Å². The van der Waals surface area contributed by atoms with Crippen LogP contribution in [0.1, 0.15) is 43.4 Å². The lowest BCUT2D eigenvalue weighted by Gasteiger charge is -2.22. The van der Waals surface area contributed by atoms with Crippen molar-refractivity contribution in [3.8, 4) is 11.7 Å². The molecule has 1 amide bonds. The molecule has 3 rings (SSSR count). The maximum atomic E-state index is 13.2. The summed E-state index contributed by atoms with van der Waals surface area (Å²) in [6.45, 7) is 6.77. The molecule has 3 aromatic rings. The van der Waals surface area contributed by atoms with Gasteiger partial charge in [-0.1, -0.05) is 26.8 Å². The van der Waals surface area contributed by atoms with E-state index in [-0.39, 0.29) is 34.7 Å². The van der Waals surface area contributed by atoms with E-state index in [0.29, 0.717) is 31.8 Å². The van der Waals surface area contributed by atoms with Crippen molar-refractivity contribution in [1.29, 1.82) is 0 Å². The largest absolute Gasteiger partial charge is 0.459 e. The van der Waals surface area contributed by atoms with Gasteiger partial charge in [0.1, 0.15) is 0 Å². The molecule has 0 aliphatic heterocycles. The van der Waals surface area contributed by atoms with Crippen molar-refractivity contribution < 1.29 is 22.0 Å². The highest BCUT2D eigenvalue weighted by atomic mass is 32.2. The fourth-order valence-electron chi connectivity index (χ4n) is 3.19. The molecular formula is C21H26N4O5S. The highest BCUT2D eigenvalue weighted by Gasteiger charge is 2.24. The van der Waals surface area contributed by atoms with E-state index in [9.17, 15) is 13.2 Å². The molecule has 0 aliphatic rings. The monoisotopic (exact) mass is 446 g/mol. The smallest absolute Gasteiger partial charge is 0.283 e. The summed E-state index contributed by atoms with van der Waals surface area (Å²) in [7, 11) is -3.66. The Labute approximate surface area is 181 Å². The number of hydrogen-bond acceptors (Lipinski definition) is 7. The summed E-state index contributed by atoms with van der Waals surface area (Å²) in [6.07, 6.45) is 2.22. The first-order chi connectivity index (χ1) is 14.9. The van der Waals surface area contributed by atoms with Crippen LogP contribution in [-0.4, -0.2) is 53.4 Å². The molecule has 0 N–H and O–H groups in total. The van der Waals surface area contributed by atoms with Gasteiger partial charge in [0.15, 0.2) is 5.76 Å². The molecule has 0 saturated heterocycles. The third-order valence-corrected chi connectivity index (χ3v) is 6.78. The van der Waals surface area contributed by atoms with Crippen LogP contribution in [0.25, 0.3) is 11.7 Å². The predicted octanol–water partition coefficient (Wildman–Crippen LogP) is 3.41. The molecule has 0 bridgehead atoms. The topological polar surface area (TPSA) is 110 Å². The molecule has 0 radical (unpaired) electrons. The first-order valence-corrected chi connectivity index (χ1v) is 11.6. The normalized spacial score (nSPS) is 11.7. The average molecular weight is 447 g/mol. The molecule has 2 heterocycles. The standard InChI is InChI=1S/C21H26N4O5S/c1-4-12-24(15-19-22-23-20(30-19)18-11-8-13-29-18)21(26)16-9-7-10-17(14-16)31(27,28)25(5-2)6-3/h7-11,13-14H,4-6,12,15H2,1-3H3. The molecule has 0 spiro atoms. The molecule has 10 heteroatoms. The Morgan fingerprint density at radius 1 is 1.06 bits per heavy atom. The zero-order valence-corrected chi connectivity index (χ0v) is 18.6. The summed E-state index contributed by atoms with van der Waals surface area (Å²) in [4.78, 5) is 14.8. The van der Waals surface area contributed by atoms with E-state index < -0.39 is 10.0 Å². The fraction of sp³-hybridized carbons (Fsp3) is 0.381. The average Bonchev–Trinajstić information content (AvgIpc) is 3.46. The Morgan fingerprint density at radius 3 is 2.48 bits per heavy atom. The zero-order chi connectivity index (χ0) is 22.4. The quantitative estimate of drug-likeness (QED) is 0.469. The van der Waals surface area contributed by atoms with Crippen molar-refractivity contribution in [3.05, 3.63) is 54.1 Å². The van der Waals surface area contributed by atoms with E-state index in [1.54, 1.807) is 43.0 Å². The maximum absolute atomic E-state index is 13.2. The summed E-state index contributed by atoms with van der Waals surface area (Å²) in [5, 5.41) is 7.95. The number of carbonyl (C=O) groups excluding carboxylic acids is 1. The van der Waals surface area contributed by atoms with E-state index >= 15 is 0 Å². The lowest BCUT2D eigenvalue weighted by Crippen LogP contribution is -2.32. The highest BCUT2D eigenvalue weighted by Crippen LogP contribution is 2.21. The van der Waals surface area contributed by atoms with Crippen molar-refractivity contribution in [1.82, 2.24) is 19.4 Å². The van der Waals surface area contributed by atoms with Gasteiger partial charge in [-0.25, -0.2) is 8.42 Å². The van der Waals surface area contributed by atoms with Crippen LogP contribution in [0.5, 0.6) is 0 Å². The lowest BCUT2D eigenvalue weighted by atomic mass is 10.2. The Morgan fingerprint density at radius 2 is 1.84 bits per heavy atom. The van der Waals surface area contributed by atoms with E-state index in [2.05, 4.69) is 10.2 Å². The molecule has 0 atom stereocenters. The number of carbonyl (C=O) groups is 1. The molecule has 9 nitrogen and oxygen atoms in total. The number of aromatic nitrogens is 2. The number of amides is 1. The molecule has 0 unspecified atom stereocenters. The van der Waals surface area contributed by atoms with Gasteiger partial charge in [-0.3, -0.25) is 4.79 Å². The van der Waals surface area contributed by atoms with Crippen LogP contribution < -0.4 is 0 Å². The van der Waals surface area contributed by atoms with Gasteiger partial charge in [0, 0.05) is 25.2 Å². The zero-order valence-electron chi connectivity index (χ0n) is 17.8. The van der Waals surface area contributed by atoms with Gasteiger partial charge in [0.2, 0.25) is 15.9 Å². The minimum absolute atomic E-state index is 0.0939. The Kier molecular flexibility index (Phi) is 7.24. The van der Waals surface area contributed by atoms with Crippen LogP contribution in [0.15, 0.2) is 56.4 Å². The van der Waals surface area contributed by atoms with Crippen molar-refractivity contribution in [2.75, 3.05) is 19.6 Å². The van der Waals surface area contributed by atoms with Crippen molar-refractivity contribution in [3.63, 3.8) is 0 Å². The van der Waals surface area contributed by atoms with Gasteiger partial charge < -0.3 is 13.7 Å². The van der Waals surface area contributed by atoms with Gasteiger partial charge in [-0.05, 0) is 36.8 Å². The fourth-order valence-corrected chi connectivity index (χ4v) is 4.69. The molecule has 0 aliphatic carbocycles. The van der Waals surface area contributed by atoms with Crippen molar-refractivity contribution in [2.45, 2.75) is 38.6 Å². The number of rotatable bonds is 10. The van der Waals surface area contributed by atoms with E-state index in [1.165, 1.54) is 22.7 Å². The predicted molar refractivity (Wildman–Crippen MR) is 114 cm³/mol. The number of hydrogen-bond donors (Lipinski definition) is 0. The second-order valence-corrected chi connectivity index (χ2v) is 8.76. The number of benzene rings is 1. The molecule has 1 aromatic carbocycles. The second kappa shape index (κ2) is 9.88. The number of furan rings is 1. The third kappa shape index (κ3) is 5.02. The summed E-state index contributed by atoms with van der Waals surface area (Å²) in [5.74, 6) is 0.633. The molecule has 2 aromatic heterocycles. The molecule has 0 saturated carbocycles. The molecule has 0 fully saturated rings. The van der Waals surface area contributed by atoms with Gasteiger partial charge >= 0.3 is 0 Å². The summed E-state index contributed by atoms with van der Waals surface area (Å²) >= 11 is 0. The van der Waals surface area contributed by atoms with Crippen molar-refractivity contribution >= 4 is 15.9 Å². The maximum Gasteiger partial charge on any atom is 0.283 e. The minimum atomic E-state index is -3.66. The van der Waals surface area contributed by atoms with Crippen molar-refractivity contribution in [2.24, 2.45) is 0 Å². The van der Waals surface area contributed by atoms with E-state index in [0.717, 1.165) is 0 Å². The summed E-state index contributed by atoms with van der Waals surface area (Å²) in [6, 6.07) is 9.52. The number of sulfonamides is 1. The summed E-state index contributed by atoms with van der Waals surface area (Å²) < 4.78 is 37.9. The van der Waals surface area contributed by atoms with Crippen LogP contribution >= 0.6 is 0 Å². The third-order valence-electron chi connectivity index (χ3n) is 4.73. The lowest BCUT2D eigenvalue weighted by molar-refractivity contribution is 0.0728. The molecule has 166 valence electrons. The van der Waals surface area contributed by atoms with Crippen LogP contribution in [0.2, 0.25) is 0 Å². The van der Waals surface area contributed by atoms with Gasteiger partial charge in [-0.15, -0.1) is 10.2 Å². The first kappa shape index (κ1) is 22.7. The molecular weight excluding hydrogens is 420 g/mol. The van der Waals surface area contributed by atoms with Gasteiger partial charge in [-0.2, -0.15) is 4.31 Å². The van der Waals surface area contributed by atoms with E-state index in [1.807, 2.05) is 6.92 Å². The van der Waals surface area contributed by atoms with Gasteiger partial charge in [0.05, 0.1) is 17.7 Å².